The van der Waals surface area contributed by atoms with Gasteiger partial charge in [-0.3, -0.25) is 0 Å². The molecule has 1 heteroatoms. The summed E-state index contributed by atoms with van der Waals surface area (Å²) in [4.78, 5) is 0. The Hall–Kier alpha value is -14.0. The normalized spacial score (nSPS) is 14.7. The van der Waals surface area contributed by atoms with Crippen molar-refractivity contribution >= 4 is 130 Å². The predicted molar refractivity (Wildman–Crippen MR) is 460 cm³/mol. The molecule has 0 saturated carbocycles. The zero-order valence-corrected chi connectivity index (χ0v) is 56.8. The smallest absolute Gasteiger partial charge is 0.135 e. The number of rotatable bonds is 7. The molecule has 22 rings (SSSR count). The summed E-state index contributed by atoms with van der Waals surface area (Å²) in [6, 6.07) is 75.7. The van der Waals surface area contributed by atoms with Crippen molar-refractivity contribution in [3.05, 3.63) is 412 Å². The van der Waals surface area contributed by atoms with E-state index in [1.807, 2.05) is 206 Å². The molecule has 0 N–H and O–H groups in total. The van der Waals surface area contributed by atoms with E-state index in [1.165, 1.54) is 0 Å². The van der Waals surface area contributed by atoms with E-state index in [4.69, 9.17) is 31.8 Å². The van der Waals surface area contributed by atoms with Crippen LogP contribution in [0.4, 0.5) is 0 Å². The van der Waals surface area contributed by atoms with Gasteiger partial charge in [-0.2, -0.15) is 0 Å². The average molecular weight is 1380 g/mol. The summed E-state index contributed by atoms with van der Waals surface area (Å²) >= 11 is 0. The second kappa shape index (κ2) is 26.7. The van der Waals surface area contributed by atoms with Gasteiger partial charge in [0.25, 0.3) is 0 Å². The highest BCUT2D eigenvalue weighted by molar-refractivity contribution is 6.26. The van der Waals surface area contributed by atoms with Crippen molar-refractivity contribution in [3.63, 3.8) is 0 Å². The maximum Gasteiger partial charge on any atom is 0.135 e. The van der Waals surface area contributed by atoms with Crippen molar-refractivity contribution in [1.29, 1.82) is 0 Å². The standard InChI is InChI=1S/C40H26.C34H22.C32H20O/c1-2-12-31-26-32(25-22-27(31)10-1)28-20-23-30(24-21-28)39-35-15-5-7-17-37(35)40(38-18-8-6-16-36(38)39)34-19-9-13-29-11-3-4-14-33(29)34;1-2-12-25-22-26(21-20-23(25)10-1)33-29-15-5-7-17-31(29)34(32-18-8-6-16-30(32)33)28-19-9-13-24-11-3-4-14-27(24)28;1-2-10-21(11-3-1)31-24-13-4-6-15-26(24)32(27-16-7-5-14-25(27)31)22-18-19-30-28(20-22)23-12-8-9-17-29(23)33-30/h1-26H;1-22H;1-20H/i2*5D,6D,7D,8D,15D,16D,17D,18D;4D,5D,6D,7D,13D,14D,15D,16D. The first-order chi connectivity index (χ1) is 63.1. The highest BCUT2D eigenvalue weighted by Gasteiger charge is 2.22. The molecule has 498 valence electrons. The zero-order valence-electron chi connectivity index (χ0n) is 80.8. The van der Waals surface area contributed by atoms with E-state index in [0.29, 0.717) is 77.9 Å². The topological polar surface area (TPSA) is 13.1 Å². The van der Waals surface area contributed by atoms with Gasteiger partial charge in [0.15, 0.2) is 0 Å². The molecular formula is C106H68O. The number of para-hydroxylation sites is 1. The first kappa shape index (κ1) is 42.6. The molecule has 0 spiro atoms. The summed E-state index contributed by atoms with van der Waals surface area (Å²) in [6.45, 7) is 0. The number of benzene rings is 21. The molecular weight excluding hydrogens is 1290 g/mol. The van der Waals surface area contributed by atoms with Crippen LogP contribution in [0.5, 0.6) is 0 Å². The molecule has 107 heavy (non-hydrogen) atoms. The van der Waals surface area contributed by atoms with Crippen molar-refractivity contribution in [3.8, 4) is 77.9 Å². The maximum absolute atomic E-state index is 9.21. The first-order valence-corrected chi connectivity index (χ1v) is 35.0. The van der Waals surface area contributed by atoms with E-state index in [1.54, 1.807) is 36.4 Å². The molecule has 0 amide bonds. The van der Waals surface area contributed by atoms with Crippen LogP contribution in [0.2, 0.25) is 0 Å². The predicted octanol–water partition coefficient (Wildman–Crippen LogP) is 30.2. The summed E-state index contributed by atoms with van der Waals surface area (Å²) in [5.74, 6) is 0. The Morgan fingerprint density at radius 2 is 0.449 bits per heavy atom. The van der Waals surface area contributed by atoms with Gasteiger partial charge in [0.1, 0.15) is 11.2 Å². The Labute approximate surface area is 654 Å². The van der Waals surface area contributed by atoms with Crippen molar-refractivity contribution in [2.75, 3.05) is 0 Å². The fraction of sp³-hybridized carbons (Fsp3) is 0. The van der Waals surface area contributed by atoms with Crippen LogP contribution in [0.25, 0.3) is 208 Å². The number of furan rings is 1. The fourth-order valence-corrected chi connectivity index (χ4v) is 15.5. The Morgan fingerprint density at radius 3 is 0.897 bits per heavy atom. The highest BCUT2D eigenvalue weighted by Crippen LogP contribution is 2.50. The molecule has 0 radical (unpaired) electrons. The summed E-state index contributed by atoms with van der Waals surface area (Å²) in [5, 5.41) is 11.7. The molecule has 0 aliphatic heterocycles. The van der Waals surface area contributed by atoms with Gasteiger partial charge in [-0.05, 0) is 216 Å². The minimum atomic E-state index is -0.419. The van der Waals surface area contributed by atoms with Gasteiger partial charge in [-0.1, -0.05) is 382 Å². The lowest BCUT2D eigenvalue weighted by Crippen LogP contribution is -1.91. The molecule has 1 nitrogen and oxygen atoms in total. The van der Waals surface area contributed by atoms with Gasteiger partial charge in [0.05, 0.1) is 32.9 Å². The highest BCUT2D eigenvalue weighted by atomic mass is 16.3. The van der Waals surface area contributed by atoms with Crippen molar-refractivity contribution < 1.29 is 37.3 Å². The largest absolute Gasteiger partial charge is 0.456 e. The molecule has 22 aromatic rings. The molecule has 1 heterocycles. The lowest BCUT2D eigenvalue weighted by molar-refractivity contribution is 0.669. The van der Waals surface area contributed by atoms with Crippen LogP contribution >= 0.6 is 0 Å². The van der Waals surface area contributed by atoms with E-state index >= 15 is 0 Å². The molecule has 0 unspecified atom stereocenters. The molecule has 1 aromatic heterocycles. The quantitative estimate of drug-likeness (QED) is 0.145. The van der Waals surface area contributed by atoms with Crippen molar-refractivity contribution in [2.45, 2.75) is 0 Å². The van der Waals surface area contributed by atoms with Crippen LogP contribution in [-0.2, 0) is 0 Å². The molecule has 0 saturated heterocycles. The monoisotopic (exact) mass is 1380 g/mol. The van der Waals surface area contributed by atoms with Gasteiger partial charge >= 0.3 is 0 Å². The van der Waals surface area contributed by atoms with Crippen LogP contribution in [-0.4, -0.2) is 0 Å². The number of hydrogen-bond acceptors (Lipinski definition) is 1. The third-order valence-corrected chi connectivity index (χ3v) is 20.3. The second-order valence-corrected chi connectivity index (χ2v) is 26.2. The third-order valence-electron chi connectivity index (χ3n) is 20.3. The summed E-state index contributed by atoms with van der Waals surface area (Å²) in [6.07, 6.45) is 0. The van der Waals surface area contributed by atoms with Gasteiger partial charge in [-0.15, -0.1) is 0 Å². The summed E-state index contributed by atoms with van der Waals surface area (Å²) < 4.78 is 219. The Morgan fingerprint density at radius 1 is 0.159 bits per heavy atom. The Balaban J connectivity index is 0.000000123. The maximum atomic E-state index is 9.21. The van der Waals surface area contributed by atoms with Crippen molar-refractivity contribution in [2.24, 2.45) is 0 Å². The minimum absolute atomic E-state index is 0.194. The number of fused-ring (bicyclic) bond motifs is 13. The van der Waals surface area contributed by atoms with Gasteiger partial charge in [-0.25, -0.2) is 0 Å². The molecule has 0 aliphatic rings. The van der Waals surface area contributed by atoms with Gasteiger partial charge < -0.3 is 4.42 Å². The zero-order chi connectivity index (χ0) is 91.6. The van der Waals surface area contributed by atoms with Crippen LogP contribution in [0.1, 0.15) is 32.9 Å². The van der Waals surface area contributed by atoms with Crippen LogP contribution in [0.15, 0.2) is 416 Å². The summed E-state index contributed by atoms with van der Waals surface area (Å²) in [7, 11) is 0. The van der Waals surface area contributed by atoms with Gasteiger partial charge in [0.2, 0.25) is 0 Å². The van der Waals surface area contributed by atoms with Crippen LogP contribution < -0.4 is 0 Å². The van der Waals surface area contributed by atoms with Crippen LogP contribution in [0.3, 0.4) is 0 Å². The van der Waals surface area contributed by atoms with Crippen molar-refractivity contribution in [1.82, 2.24) is 0 Å². The molecule has 0 atom stereocenters. The number of hydrogen-bond donors (Lipinski definition) is 0. The fourth-order valence-electron chi connectivity index (χ4n) is 15.5. The van der Waals surface area contributed by atoms with E-state index in [2.05, 4.69) is 24.3 Å². The second-order valence-electron chi connectivity index (χ2n) is 26.2. The lowest BCUT2D eigenvalue weighted by atomic mass is 9.84. The van der Waals surface area contributed by atoms with E-state index in [9.17, 15) is 5.48 Å². The van der Waals surface area contributed by atoms with Crippen LogP contribution in [0, 0.1) is 0 Å². The van der Waals surface area contributed by atoms with E-state index in [0.717, 1.165) is 65.0 Å². The Kier molecular flexibility index (Phi) is 10.6. The van der Waals surface area contributed by atoms with Gasteiger partial charge in [0, 0.05) is 10.8 Å². The van der Waals surface area contributed by atoms with E-state index in [-0.39, 0.29) is 137 Å². The van der Waals surface area contributed by atoms with E-state index < -0.39 is 72.5 Å². The lowest BCUT2D eigenvalue weighted by Gasteiger charge is -2.19. The molecule has 0 fully saturated rings. The third kappa shape index (κ3) is 11.0. The Bertz CT molecular complexity index is 8520. The molecule has 0 bridgehead atoms. The first-order valence-electron chi connectivity index (χ1n) is 47.0. The molecule has 0 aliphatic carbocycles. The minimum Gasteiger partial charge on any atom is -0.456 e. The summed E-state index contributed by atoms with van der Waals surface area (Å²) in [5.41, 5.74) is 8.90. The molecule has 21 aromatic carbocycles. The SMILES string of the molecule is [2H]c1c([2H])c([2H])c2c(-c3ccc4oc5ccccc5c4c3)c3c([2H])c([2H])c([2H])c([2H])c3c(-c3ccccc3)c2c1[2H].[2H]c1c([2H])c([2H])c2c(-c3cccc4ccccc34)c3c([2H])c([2H])c([2H])c([2H])c3c(-c3ccc(-c4ccc5ccccc5c4)cc3)c2c1[2H].[2H]c1c([2H])c([2H])c2c(-c3cccc4ccccc34)c3c([2H])c([2H])c([2H])c([2H])c3c(-c3ccc4ccccc4c3)c2c1[2H]. The average Bonchev–Trinajstić information content (AvgIpc) is 0.731.